The molecule has 0 amide bonds. The van der Waals surface area contributed by atoms with Gasteiger partial charge in [0, 0.05) is 24.3 Å². The van der Waals surface area contributed by atoms with Gasteiger partial charge in [-0.2, -0.15) is 0 Å². The molecule has 1 aliphatic heterocycles. The van der Waals surface area contributed by atoms with E-state index in [0.717, 1.165) is 19.6 Å². The maximum atomic E-state index is 3.64. The Morgan fingerprint density at radius 1 is 1.24 bits per heavy atom. The van der Waals surface area contributed by atoms with Gasteiger partial charge in [0.05, 0.1) is 0 Å². The largest absolute Gasteiger partial charge is 0.369 e. The minimum atomic E-state index is 0.190. The third-order valence-corrected chi connectivity index (χ3v) is 3.45. The molecule has 1 N–H and O–H groups in total. The summed E-state index contributed by atoms with van der Waals surface area (Å²) in [6.07, 6.45) is 0. The third-order valence-electron chi connectivity index (χ3n) is 3.45. The molecule has 1 saturated heterocycles. The van der Waals surface area contributed by atoms with E-state index in [4.69, 9.17) is 0 Å². The smallest absolute Gasteiger partial charge is 0.0367 e. The van der Waals surface area contributed by atoms with E-state index in [1.807, 2.05) is 0 Å². The lowest BCUT2D eigenvalue weighted by Gasteiger charge is -2.31. The lowest BCUT2D eigenvalue weighted by atomic mass is 10.1. The van der Waals surface area contributed by atoms with Crippen LogP contribution >= 0.6 is 0 Å². The van der Waals surface area contributed by atoms with E-state index < -0.39 is 0 Å². The maximum Gasteiger partial charge on any atom is 0.0367 e. The number of aryl methyl sites for hydroxylation is 1. The van der Waals surface area contributed by atoms with Crippen molar-refractivity contribution in [1.29, 1.82) is 0 Å². The number of hydrogen-bond acceptors (Lipinski definition) is 2. The molecule has 0 spiro atoms. The third kappa shape index (κ3) is 3.22. The maximum absolute atomic E-state index is 3.64. The predicted molar refractivity (Wildman–Crippen MR) is 74.6 cm³/mol. The first-order valence-electron chi connectivity index (χ1n) is 6.53. The number of rotatable bonds is 1. The Balaban J connectivity index is 2.20. The van der Waals surface area contributed by atoms with Crippen molar-refractivity contribution in [1.82, 2.24) is 5.32 Å². The fourth-order valence-corrected chi connectivity index (χ4v) is 2.44. The topological polar surface area (TPSA) is 15.3 Å². The summed E-state index contributed by atoms with van der Waals surface area (Å²) in [5.74, 6) is 0.693. The van der Waals surface area contributed by atoms with Crippen molar-refractivity contribution in [3.8, 4) is 0 Å². The summed E-state index contributed by atoms with van der Waals surface area (Å²) >= 11 is 0. The van der Waals surface area contributed by atoms with Crippen LogP contribution in [0, 0.1) is 12.8 Å². The monoisotopic (exact) mass is 232 g/mol. The van der Waals surface area contributed by atoms with Gasteiger partial charge in [-0.25, -0.2) is 0 Å². The van der Waals surface area contributed by atoms with Crippen LogP contribution in [-0.4, -0.2) is 25.2 Å². The molecule has 94 valence electrons. The fourth-order valence-electron chi connectivity index (χ4n) is 2.44. The average Bonchev–Trinajstić information content (AvgIpc) is 2.39. The lowest BCUT2D eigenvalue weighted by molar-refractivity contribution is 0.402. The standard InChI is InChI=1S/C15H24N2/c1-12-5-7-14(8-6-12)17-10-13(2)9-16-15(3,4)11-17/h5-8,13,16H,9-11H2,1-4H3. The molecule has 0 radical (unpaired) electrons. The predicted octanol–water partition coefficient (Wildman–Crippen LogP) is 2.82. The SMILES string of the molecule is Cc1ccc(N2CC(C)CNC(C)(C)C2)cc1. The number of nitrogens with zero attached hydrogens (tertiary/aromatic N) is 1. The van der Waals surface area contributed by atoms with Crippen LogP contribution < -0.4 is 10.2 Å². The van der Waals surface area contributed by atoms with Crippen molar-refractivity contribution >= 4 is 5.69 Å². The van der Waals surface area contributed by atoms with Crippen LogP contribution in [0.5, 0.6) is 0 Å². The highest BCUT2D eigenvalue weighted by atomic mass is 15.2. The van der Waals surface area contributed by atoms with Gasteiger partial charge in [0.2, 0.25) is 0 Å². The second kappa shape index (κ2) is 4.69. The van der Waals surface area contributed by atoms with Crippen LogP contribution in [0.4, 0.5) is 5.69 Å². The number of anilines is 1. The first-order chi connectivity index (χ1) is 7.96. The van der Waals surface area contributed by atoms with Crippen molar-refractivity contribution in [2.75, 3.05) is 24.5 Å². The van der Waals surface area contributed by atoms with Gasteiger partial charge in [-0.05, 0) is 45.4 Å². The normalized spacial score (nSPS) is 24.5. The molecule has 1 aliphatic rings. The molecule has 1 aromatic rings. The van der Waals surface area contributed by atoms with E-state index in [-0.39, 0.29) is 5.54 Å². The highest BCUT2D eigenvalue weighted by molar-refractivity contribution is 5.48. The second-order valence-electron chi connectivity index (χ2n) is 6.09. The number of hydrogen-bond donors (Lipinski definition) is 1. The van der Waals surface area contributed by atoms with Gasteiger partial charge in [0.25, 0.3) is 0 Å². The molecule has 0 aliphatic carbocycles. The molecular formula is C15H24N2. The molecule has 2 rings (SSSR count). The van der Waals surface area contributed by atoms with E-state index in [9.17, 15) is 0 Å². The van der Waals surface area contributed by atoms with Gasteiger partial charge in [-0.3, -0.25) is 0 Å². The zero-order chi connectivity index (χ0) is 12.5. The molecule has 1 fully saturated rings. The van der Waals surface area contributed by atoms with Crippen molar-refractivity contribution < 1.29 is 0 Å². The highest BCUT2D eigenvalue weighted by Gasteiger charge is 2.26. The molecule has 0 aromatic heterocycles. The molecule has 1 atom stereocenters. The molecule has 2 nitrogen and oxygen atoms in total. The van der Waals surface area contributed by atoms with E-state index in [0.29, 0.717) is 5.92 Å². The van der Waals surface area contributed by atoms with Crippen LogP contribution in [0.3, 0.4) is 0 Å². The zero-order valence-corrected chi connectivity index (χ0v) is 11.5. The Morgan fingerprint density at radius 3 is 2.53 bits per heavy atom. The minimum absolute atomic E-state index is 0.190. The second-order valence-corrected chi connectivity index (χ2v) is 6.09. The Kier molecular flexibility index (Phi) is 3.43. The summed E-state index contributed by atoms with van der Waals surface area (Å²) in [6, 6.07) is 8.88. The van der Waals surface area contributed by atoms with Crippen LogP contribution in [0.25, 0.3) is 0 Å². The van der Waals surface area contributed by atoms with Crippen molar-refractivity contribution in [3.05, 3.63) is 29.8 Å². The summed E-state index contributed by atoms with van der Waals surface area (Å²) in [5, 5.41) is 3.64. The Morgan fingerprint density at radius 2 is 1.88 bits per heavy atom. The summed E-state index contributed by atoms with van der Waals surface area (Å²) in [5.41, 5.74) is 2.86. The molecule has 2 heteroatoms. The molecule has 0 saturated carbocycles. The Labute approximate surface area is 105 Å². The van der Waals surface area contributed by atoms with Crippen molar-refractivity contribution in [3.63, 3.8) is 0 Å². The number of nitrogens with one attached hydrogen (secondary N) is 1. The quantitative estimate of drug-likeness (QED) is 0.801. The van der Waals surface area contributed by atoms with Gasteiger partial charge < -0.3 is 10.2 Å². The molecule has 1 heterocycles. The molecule has 0 bridgehead atoms. The minimum Gasteiger partial charge on any atom is -0.369 e. The summed E-state index contributed by atoms with van der Waals surface area (Å²) < 4.78 is 0. The van der Waals surface area contributed by atoms with Gasteiger partial charge >= 0.3 is 0 Å². The molecule has 1 unspecified atom stereocenters. The van der Waals surface area contributed by atoms with Crippen LogP contribution in [0.2, 0.25) is 0 Å². The molecule has 1 aromatic carbocycles. The van der Waals surface area contributed by atoms with Crippen LogP contribution in [0.15, 0.2) is 24.3 Å². The van der Waals surface area contributed by atoms with Crippen LogP contribution in [0.1, 0.15) is 26.3 Å². The highest BCUT2D eigenvalue weighted by Crippen LogP contribution is 2.21. The van der Waals surface area contributed by atoms with E-state index in [2.05, 4.69) is 62.2 Å². The van der Waals surface area contributed by atoms with E-state index in [1.54, 1.807) is 0 Å². The fraction of sp³-hybridized carbons (Fsp3) is 0.600. The first-order valence-corrected chi connectivity index (χ1v) is 6.53. The van der Waals surface area contributed by atoms with E-state index in [1.165, 1.54) is 11.3 Å². The van der Waals surface area contributed by atoms with Gasteiger partial charge in [-0.1, -0.05) is 24.6 Å². The Bertz CT molecular complexity index is 367. The Hall–Kier alpha value is -1.02. The molecular weight excluding hydrogens is 208 g/mol. The lowest BCUT2D eigenvalue weighted by Crippen LogP contribution is -2.46. The summed E-state index contributed by atoms with van der Waals surface area (Å²) in [4.78, 5) is 2.50. The van der Waals surface area contributed by atoms with Crippen molar-refractivity contribution in [2.45, 2.75) is 33.2 Å². The van der Waals surface area contributed by atoms with Gasteiger partial charge in [0.1, 0.15) is 0 Å². The number of benzene rings is 1. The summed E-state index contributed by atoms with van der Waals surface area (Å²) in [6.45, 7) is 12.3. The first kappa shape index (κ1) is 12.4. The molecule has 17 heavy (non-hydrogen) atoms. The van der Waals surface area contributed by atoms with Crippen LogP contribution in [-0.2, 0) is 0 Å². The van der Waals surface area contributed by atoms with E-state index >= 15 is 0 Å². The average molecular weight is 232 g/mol. The van der Waals surface area contributed by atoms with Crippen molar-refractivity contribution in [2.24, 2.45) is 5.92 Å². The van der Waals surface area contributed by atoms with Gasteiger partial charge in [0.15, 0.2) is 0 Å². The summed E-state index contributed by atoms with van der Waals surface area (Å²) in [7, 11) is 0. The zero-order valence-electron chi connectivity index (χ0n) is 11.5. The van der Waals surface area contributed by atoms with Gasteiger partial charge in [-0.15, -0.1) is 0 Å².